The van der Waals surface area contributed by atoms with Crippen molar-refractivity contribution >= 4 is 23.5 Å². The summed E-state index contributed by atoms with van der Waals surface area (Å²) >= 11 is 5.22. The molecule has 2 unspecified atom stereocenters. The third-order valence-electron chi connectivity index (χ3n) is 2.31. The van der Waals surface area contributed by atoms with E-state index in [1.54, 1.807) is 0 Å². The zero-order chi connectivity index (χ0) is 9.84. The number of imide groups is 1. The lowest BCUT2D eigenvalue weighted by Gasteiger charge is -2.34. The molecule has 1 aliphatic carbocycles. The summed E-state index contributed by atoms with van der Waals surface area (Å²) in [7, 11) is 0. The minimum Gasteiger partial charge on any atom is -0.335 e. The maximum absolute atomic E-state index is 11.1. The van der Waals surface area contributed by atoms with E-state index in [4.69, 9.17) is 11.6 Å². The van der Waals surface area contributed by atoms with Gasteiger partial charge in [-0.3, -0.25) is 10.1 Å². The molecule has 0 aromatic rings. The van der Waals surface area contributed by atoms with Crippen molar-refractivity contribution in [3.8, 4) is 0 Å². The van der Waals surface area contributed by atoms with Crippen LogP contribution in [-0.2, 0) is 4.79 Å². The van der Waals surface area contributed by atoms with Crippen LogP contribution in [0.25, 0.3) is 0 Å². The van der Waals surface area contributed by atoms with Crippen LogP contribution in [0.5, 0.6) is 0 Å². The Labute approximate surface area is 82.0 Å². The average molecular weight is 205 g/mol. The topological polar surface area (TPSA) is 58.2 Å². The molecule has 0 aliphatic heterocycles. The Morgan fingerprint density at radius 1 is 1.46 bits per heavy atom. The SMILES string of the molecule is CC1CCC1NC(=O)NC(=O)CCl. The van der Waals surface area contributed by atoms with Gasteiger partial charge in [0.15, 0.2) is 0 Å². The fraction of sp³-hybridized carbons (Fsp3) is 0.750. The van der Waals surface area contributed by atoms with Gasteiger partial charge in [0.05, 0.1) is 0 Å². The number of carbonyl (C=O) groups is 2. The van der Waals surface area contributed by atoms with E-state index in [0.29, 0.717) is 5.92 Å². The lowest BCUT2D eigenvalue weighted by molar-refractivity contribution is -0.117. The van der Waals surface area contributed by atoms with Crippen molar-refractivity contribution in [3.05, 3.63) is 0 Å². The van der Waals surface area contributed by atoms with Crippen LogP contribution in [-0.4, -0.2) is 23.9 Å². The number of hydrogen-bond donors (Lipinski definition) is 2. The zero-order valence-electron chi connectivity index (χ0n) is 7.47. The quantitative estimate of drug-likeness (QED) is 0.656. The summed E-state index contributed by atoms with van der Waals surface area (Å²) in [5.41, 5.74) is 0. The van der Waals surface area contributed by atoms with E-state index in [-0.39, 0.29) is 11.9 Å². The van der Waals surface area contributed by atoms with Gasteiger partial charge < -0.3 is 5.32 Å². The van der Waals surface area contributed by atoms with Crippen LogP contribution in [0.3, 0.4) is 0 Å². The van der Waals surface area contributed by atoms with Crippen molar-refractivity contribution in [2.75, 3.05) is 5.88 Å². The number of urea groups is 1. The van der Waals surface area contributed by atoms with Gasteiger partial charge in [0, 0.05) is 6.04 Å². The molecule has 1 fully saturated rings. The molecule has 4 nitrogen and oxygen atoms in total. The lowest BCUT2D eigenvalue weighted by atomic mass is 9.81. The molecule has 0 aromatic heterocycles. The fourth-order valence-corrected chi connectivity index (χ4v) is 1.31. The third-order valence-corrected chi connectivity index (χ3v) is 2.55. The third kappa shape index (κ3) is 2.88. The molecule has 3 amide bonds. The van der Waals surface area contributed by atoms with Crippen LogP contribution in [0.15, 0.2) is 0 Å². The highest BCUT2D eigenvalue weighted by Gasteiger charge is 2.28. The summed E-state index contributed by atoms with van der Waals surface area (Å²) < 4.78 is 0. The van der Waals surface area contributed by atoms with Crippen molar-refractivity contribution < 1.29 is 9.59 Å². The van der Waals surface area contributed by atoms with Crippen LogP contribution in [0.1, 0.15) is 19.8 Å². The smallest absolute Gasteiger partial charge is 0.321 e. The van der Waals surface area contributed by atoms with Crippen molar-refractivity contribution in [1.29, 1.82) is 0 Å². The maximum atomic E-state index is 11.1. The van der Waals surface area contributed by atoms with Crippen LogP contribution < -0.4 is 10.6 Å². The first-order chi connectivity index (χ1) is 6.13. The average Bonchev–Trinajstić information content (AvgIpc) is 2.11. The first-order valence-corrected chi connectivity index (χ1v) is 4.83. The Hall–Kier alpha value is -0.770. The fourth-order valence-electron chi connectivity index (χ4n) is 1.25. The Balaban J connectivity index is 2.21. The minimum atomic E-state index is -0.467. The number of amides is 3. The van der Waals surface area contributed by atoms with Gasteiger partial charge >= 0.3 is 6.03 Å². The normalized spacial score (nSPS) is 26.0. The molecule has 13 heavy (non-hydrogen) atoms. The molecule has 5 heteroatoms. The molecule has 0 spiro atoms. The number of nitrogens with one attached hydrogen (secondary N) is 2. The monoisotopic (exact) mass is 204 g/mol. The molecule has 0 saturated heterocycles. The number of rotatable bonds is 2. The van der Waals surface area contributed by atoms with Gasteiger partial charge in [0.1, 0.15) is 5.88 Å². The second kappa shape index (κ2) is 4.46. The molecule has 1 rings (SSSR count). The molecular formula is C8H13ClN2O2. The van der Waals surface area contributed by atoms with Gasteiger partial charge in [-0.05, 0) is 18.8 Å². The highest BCUT2D eigenvalue weighted by atomic mass is 35.5. The molecule has 1 saturated carbocycles. The van der Waals surface area contributed by atoms with Gasteiger partial charge in [-0.15, -0.1) is 11.6 Å². The number of halogens is 1. The van der Waals surface area contributed by atoms with E-state index < -0.39 is 11.9 Å². The summed E-state index contributed by atoms with van der Waals surface area (Å²) in [5, 5.41) is 4.83. The van der Waals surface area contributed by atoms with Crippen molar-refractivity contribution in [2.45, 2.75) is 25.8 Å². The lowest BCUT2D eigenvalue weighted by Crippen LogP contribution is -2.50. The van der Waals surface area contributed by atoms with Gasteiger partial charge in [0.25, 0.3) is 0 Å². The van der Waals surface area contributed by atoms with E-state index in [1.165, 1.54) is 0 Å². The Kier molecular flexibility index (Phi) is 3.54. The van der Waals surface area contributed by atoms with Gasteiger partial charge in [-0.1, -0.05) is 6.92 Å². The number of carbonyl (C=O) groups excluding carboxylic acids is 2. The summed E-state index contributed by atoms with van der Waals surface area (Å²) in [5.74, 6) is -0.142. The Morgan fingerprint density at radius 2 is 2.15 bits per heavy atom. The Bertz CT molecular complexity index is 220. The van der Waals surface area contributed by atoms with E-state index in [0.717, 1.165) is 12.8 Å². The Morgan fingerprint density at radius 3 is 2.54 bits per heavy atom. The minimum absolute atomic E-state index is 0.187. The second-order valence-corrected chi connectivity index (χ2v) is 3.58. The van der Waals surface area contributed by atoms with Gasteiger partial charge in [-0.2, -0.15) is 0 Å². The zero-order valence-corrected chi connectivity index (χ0v) is 8.23. The van der Waals surface area contributed by atoms with Crippen molar-refractivity contribution in [3.63, 3.8) is 0 Å². The largest absolute Gasteiger partial charge is 0.335 e. The molecule has 0 heterocycles. The molecule has 0 radical (unpaired) electrons. The van der Waals surface area contributed by atoms with Crippen LogP contribution in [0.4, 0.5) is 4.79 Å². The second-order valence-electron chi connectivity index (χ2n) is 3.32. The van der Waals surface area contributed by atoms with E-state index in [9.17, 15) is 9.59 Å². The van der Waals surface area contributed by atoms with E-state index in [2.05, 4.69) is 17.6 Å². The standard InChI is InChI=1S/C8H13ClN2O2/c1-5-2-3-6(5)10-8(13)11-7(12)4-9/h5-6H,2-4H2,1H3,(H2,10,11,12,13). The predicted octanol–water partition coefficient (Wildman–Crippen LogP) is 0.850. The van der Waals surface area contributed by atoms with Gasteiger partial charge in [-0.25, -0.2) is 4.79 Å². The summed E-state index contributed by atoms with van der Waals surface area (Å²) in [6, 6.07) is -0.231. The first kappa shape index (κ1) is 10.3. The molecule has 0 aromatic carbocycles. The predicted molar refractivity (Wildman–Crippen MR) is 49.6 cm³/mol. The molecule has 0 bridgehead atoms. The maximum Gasteiger partial charge on any atom is 0.321 e. The van der Waals surface area contributed by atoms with Crippen LogP contribution in [0, 0.1) is 5.92 Å². The molecule has 1 aliphatic rings. The summed E-state index contributed by atoms with van der Waals surface area (Å²) in [6.45, 7) is 2.07. The first-order valence-electron chi connectivity index (χ1n) is 4.29. The molecule has 2 N–H and O–H groups in total. The highest BCUT2D eigenvalue weighted by Crippen LogP contribution is 2.25. The van der Waals surface area contributed by atoms with Crippen LogP contribution in [0.2, 0.25) is 0 Å². The number of hydrogen-bond acceptors (Lipinski definition) is 2. The van der Waals surface area contributed by atoms with Crippen LogP contribution >= 0.6 is 11.6 Å². The highest BCUT2D eigenvalue weighted by molar-refractivity contribution is 6.28. The summed E-state index contributed by atoms with van der Waals surface area (Å²) in [6.07, 6.45) is 2.12. The molecule has 2 atom stereocenters. The molecule has 74 valence electrons. The summed E-state index contributed by atoms with van der Waals surface area (Å²) in [4.78, 5) is 21.7. The van der Waals surface area contributed by atoms with E-state index >= 15 is 0 Å². The van der Waals surface area contributed by atoms with Crippen molar-refractivity contribution in [2.24, 2.45) is 5.92 Å². The van der Waals surface area contributed by atoms with Gasteiger partial charge in [0.2, 0.25) is 5.91 Å². The molecular weight excluding hydrogens is 192 g/mol. The van der Waals surface area contributed by atoms with Crippen molar-refractivity contribution in [1.82, 2.24) is 10.6 Å². The number of alkyl halides is 1. The van der Waals surface area contributed by atoms with E-state index in [1.807, 2.05) is 0 Å².